The molecule has 2 saturated heterocycles. The van der Waals surface area contributed by atoms with E-state index in [1.165, 1.54) is 12.1 Å². The summed E-state index contributed by atoms with van der Waals surface area (Å²) >= 11 is 0. The van der Waals surface area contributed by atoms with Crippen LogP contribution in [0.5, 0.6) is 11.5 Å². The molecule has 0 aromatic heterocycles. The Hall–Kier alpha value is -3.70. The number of carbonyl (C=O) groups is 4. The molecular formula is C27H29BN2O8. The molecule has 38 heavy (non-hydrogen) atoms. The van der Waals surface area contributed by atoms with Gasteiger partial charge in [0.1, 0.15) is 30.8 Å². The molecule has 198 valence electrons. The first-order valence-electron chi connectivity index (χ1n) is 12.5. The molecule has 11 heteroatoms. The fraction of sp³-hybridized carbons (Fsp3) is 0.407. The summed E-state index contributed by atoms with van der Waals surface area (Å²) < 4.78 is 23.6. The highest BCUT2D eigenvalue weighted by Crippen LogP contribution is 2.36. The summed E-state index contributed by atoms with van der Waals surface area (Å²) in [6.07, 6.45) is 0.174. The predicted molar refractivity (Wildman–Crippen MR) is 136 cm³/mol. The third kappa shape index (κ3) is 4.67. The van der Waals surface area contributed by atoms with E-state index in [0.29, 0.717) is 11.5 Å². The number of hydrogen-bond acceptors (Lipinski definition) is 8. The molecule has 2 aromatic rings. The standard InChI is InChI=1S/C27H29BN2O8/c1-26(2)27(3,4)38-28(37-26)16-5-7-17(8-6-16)35-13-14-36-18-9-10-19-20(15-18)25(34)30(24(19)33)21-11-12-22(31)29-23(21)32/h5-10,15,21H,11-14H2,1-4H3,(H,29,31,32). The molecule has 0 bridgehead atoms. The van der Waals surface area contributed by atoms with E-state index >= 15 is 0 Å². The van der Waals surface area contributed by atoms with Gasteiger partial charge in [-0.25, -0.2) is 0 Å². The first-order chi connectivity index (χ1) is 18.0. The van der Waals surface area contributed by atoms with Crippen LogP contribution in [0.15, 0.2) is 42.5 Å². The van der Waals surface area contributed by atoms with Crippen molar-refractivity contribution in [1.29, 1.82) is 0 Å². The molecule has 0 saturated carbocycles. The first-order valence-corrected chi connectivity index (χ1v) is 12.5. The zero-order valence-corrected chi connectivity index (χ0v) is 21.7. The van der Waals surface area contributed by atoms with Crippen molar-refractivity contribution in [2.45, 2.75) is 57.8 Å². The topological polar surface area (TPSA) is 120 Å². The maximum absolute atomic E-state index is 12.9. The summed E-state index contributed by atoms with van der Waals surface area (Å²) in [7, 11) is -0.447. The Bertz CT molecular complexity index is 1290. The van der Waals surface area contributed by atoms with Gasteiger partial charge in [0.25, 0.3) is 11.8 Å². The highest BCUT2D eigenvalue weighted by Gasteiger charge is 2.51. The molecule has 1 unspecified atom stereocenters. The lowest BCUT2D eigenvalue weighted by Gasteiger charge is -2.32. The van der Waals surface area contributed by atoms with Gasteiger partial charge in [0, 0.05) is 6.42 Å². The molecule has 2 fully saturated rings. The molecule has 4 amide bonds. The molecule has 10 nitrogen and oxygen atoms in total. The van der Waals surface area contributed by atoms with Gasteiger partial charge in [-0.3, -0.25) is 29.4 Å². The Kier molecular flexibility index (Phi) is 6.52. The maximum Gasteiger partial charge on any atom is 0.494 e. The van der Waals surface area contributed by atoms with Crippen LogP contribution >= 0.6 is 0 Å². The van der Waals surface area contributed by atoms with E-state index < -0.39 is 48.0 Å². The molecule has 0 radical (unpaired) electrons. The van der Waals surface area contributed by atoms with Crippen LogP contribution in [0.1, 0.15) is 61.3 Å². The van der Waals surface area contributed by atoms with Gasteiger partial charge in [-0.1, -0.05) is 12.1 Å². The molecule has 1 atom stereocenters. The second-order valence-corrected chi connectivity index (χ2v) is 10.5. The van der Waals surface area contributed by atoms with Crippen molar-refractivity contribution in [1.82, 2.24) is 10.2 Å². The van der Waals surface area contributed by atoms with Crippen LogP contribution in [-0.2, 0) is 18.9 Å². The molecule has 3 aliphatic heterocycles. The molecule has 0 aliphatic carbocycles. The Morgan fingerprint density at radius 3 is 2.08 bits per heavy atom. The smallest absolute Gasteiger partial charge is 0.490 e. The van der Waals surface area contributed by atoms with Gasteiger partial charge in [0.05, 0.1) is 22.3 Å². The van der Waals surface area contributed by atoms with Crippen LogP contribution in [-0.4, -0.2) is 66.1 Å². The van der Waals surface area contributed by atoms with E-state index in [-0.39, 0.29) is 37.2 Å². The number of nitrogens with zero attached hydrogens (tertiary/aromatic N) is 1. The largest absolute Gasteiger partial charge is 0.494 e. The second kappa shape index (κ2) is 9.56. The van der Waals surface area contributed by atoms with Gasteiger partial charge < -0.3 is 18.8 Å². The maximum atomic E-state index is 12.9. The molecule has 3 aliphatic rings. The van der Waals surface area contributed by atoms with Crippen LogP contribution in [0.4, 0.5) is 0 Å². The van der Waals surface area contributed by atoms with Crippen molar-refractivity contribution in [2.24, 2.45) is 0 Å². The molecule has 1 N–H and O–H groups in total. The first kappa shape index (κ1) is 25.9. The van der Waals surface area contributed by atoms with Crippen molar-refractivity contribution < 1.29 is 38.0 Å². The number of benzene rings is 2. The number of carbonyl (C=O) groups excluding carboxylic acids is 4. The van der Waals surface area contributed by atoms with E-state index in [0.717, 1.165) is 10.4 Å². The van der Waals surface area contributed by atoms with Crippen molar-refractivity contribution in [3.8, 4) is 11.5 Å². The number of ether oxygens (including phenoxy) is 2. The molecule has 5 rings (SSSR count). The van der Waals surface area contributed by atoms with Crippen molar-refractivity contribution in [2.75, 3.05) is 13.2 Å². The van der Waals surface area contributed by atoms with E-state index in [2.05, 4.69) is 5.32 Å². The summed E-state index contributed by atoms with van der Waals surface area (Å²) in [6, 6.07) is 11.1. The van der Waals surface area contributed by atoms with Crippen molar-refractivity contribution in [3.63, 3.8) is 0 Å². The van der Waals surface area contributed by atoms with Crippen molar-refractivity contribution >= 4 is 36.2 Å². The van der Waals surface area contributed by atoms with Crippen LogP contribution in [0.25, 0.3) is 0 Å². The highest BCUT2D eigenvalue weighted by atomic mass is 16.7. The number of nitrogens with one attached hydrogen (secondary N) is 1. The summed E-state index contributed by atoms with van der Waals surface area (Å²) in [5.41, 5.74) is 0.434. The fourth-order valence-corrected chi connectivity index (χ4v) is 4.56. The third-order valence-electron chi connectivity index (χ3n) is 7.44. The lowest BCUT2D eigenvalue weighted by atomic mass is 9.79. The van der Waals surface area contributed by atoms with Gasteiger partial charge in [-0.2, -0.15) is 0 Å². The van der Waals surface area contributed by atoms with Crippen LogP contribution < -0.4 is 20.3 Å². The number of piperidine rings is 1. The quantitative estimate of drug-likeness (QED) is 0.334. The number of rotatable bonds is 7. The number of fused-ring (bicyclic) bond motifs is 1. The van der Waals surface area contributed by atoms with Crippen LogP contribution in [0.3, 0.4) is 0 Å². The predicted octanol–water partition coefficient (Wildman–Crippen LogP) is 1.84. The second-order valence-electron chi connectivity index (χ2n) is 10.5. The summed E-state index contributed by atoms with van der Waals surface area (Å²) in [4.78, 5) is 50.3. The SMILES string of the molecule is CC1(C)OB(c2ccc(OCCOc3ccc4c(c3)C(=O)N(C3CCC(=O)NC3=O)C4=O)cc2)OC1(C)C. The number of hydrogen-bond donors (Lipinski definition) is 1. The van der Waals surface area contributed by atoms with Crippen LogP contribution in [0, 0.1) is 0 Å². The third-order valence-corrected chi connectivity index (χ3v) is 7.44. The zero-order chi connectivity index (χ0) is 27.2. The summed E-state index contributed by atoms with van der Waals surface area (Å²) in [6.45, 7) is 8.49. The van der Waals surface area contributed by atoms with Crippen molar-refractivity contribution in [3.05, 3.63) is 53.6 Å². The normalized spacial score (nSPS) is 21.9. The van der Waals surface area contributed by atoms with Crippen LogP contribution in [0.2, 0.25) is 0 Å². The van der Waals surface area contributed by atoms with E-state index in [1.54, 1.807) is 6.07 Å². The minimum absolute atomic E-state index is 0.0688. The average Bonchev–Trinajstić information content (AvgIpc) is 3.24. The molecule has 0 spiro atoms. The van der Waals surface area contributed by atoms with Gasteiger partial charge in [-0.05, 0) is 69.9 Å². The Morgan fingerprint density at radius 2 is 1.45 bits per heavy atom. The number of imide groups is 2. The van der Waals surface area contributed by atoms with E-state index in [9.17, 15) is 19.2 Å². The lowest BCUT2D eigenvalue weighted by Crippen LogP contribution is -2.54. The van der Waals surface area contributed by atoms with Gasteiger partial charge >= 0.3 is 7.12 Å². The summed E-state index contributed by atoms with van der Waals surface area (Å²) in [5, 5.41) is 2.18. The average molecular weight is 520 g/mol. The molecular weight excluding hydrogens is 491 g/mol. The van der Waals surface area contributed by atoms with E-state index in [1.807, 2.05) is 52.0 Å². The molecule has 2 aromatic carbocycles. The lowest BCUT2D eigenvalue weighted by molar-refractivity contribution is -0.136. The van der Waals surface area contributed by atoms with Gasteiger partial charge in [-0.15, -0.1) is 0 Å². The molecule has 3 heterocycles. The monoisotopic (exact) mass is 520 g/mol. The number of amides is 4. The minimum atomic E-state index is -1.01. The zero-order valence-electron chi connectivity index (χ0n) is 21.7. The summed E-state index contributed by atoms with van der Waals surface area (Å²) in [5.74, 6) is -1.14. The van der Waals surface area contributed by atoms with Gasteiger partial charge in [0.2, 0.25) is 11.8 Å². The fourth-order valence-electron chi connectivity index (χ4n) is 4.56. The van der Waals surface area contributed by atoms with E-state index in [4.69, 9.17) is 18.8 Å². The minimum Gasteiger partial charge on any atom is -0.490 e. The highest BCUT2D eigenvalue weighted by molar-refractivity contribution is 6.62. The Balaban J connectivity index is 1.14. The van der Waals surface area contributed by atoms with Gasteiger partial charge in [0.15, 0.2) is 0 Å². The Labute approximate surface area is 220 Å². The Morgan fingerprint density at radius 1 is 0.868 bits per heavy atom.